The number of hydrogen-bond donors (Lipinski definition) is 1. The summed E-state index contributed by atoms with van der Waals surface area (Å²) in [6.07, 6.45) is 3.51. The summed E-state index contributed by atoms with van der Waals surface area (Å²) >= 11 is 0. The van der Waals surface area contributed by atoms with Crippen LogP contribution in [0, 0.1) is 17.2 Å². The Labute approximate surface area is 121 Å². The van der Waals surface area contributed by atoms with Crippen LogP contribution in [-0.4, -0.2) is 6.10 Å². The molecule has 2 unspecified atom stereocenters. The van der Waals surface area contributed by atoms with Crippen molar-refractivity contribution in [3.05, 3.63) is 29.6 Å². The Morgan fingerprint density at radius 3 is 2.65 bits per heavy atom. The van der Waals surface area contributed by atoms with Crippen molar-refractivity contribution in [2.75, 3.05) is 0 Å². The average Bonchev–Trinajstić information content (AvgIpc) is 2.28. The maximum atomic E-state index is 13.4. The van der Waals surface area contributed by atoms with E-state index in [9.17, 15) is 4.39 Å². The molecule has 1 aliphatic carbocycles. The van der Waals surface area contributed by atoms with E-state index in [1.807, 2.05) is 6.92 Å². The zero-order valence-electron chi connectivity index (χ0n) is 12.9. The van der Waals surface area contributed by atoms with E-state index >= 15 is 0 Å². The summed E-state index contributed by atoms with van der Waals surface area (Å²) in [5.74, 6) is 1.13. The highest BCUT2D eigenvalue weighted by molar-refractivity contribution is 5.36. The van der Waals surface area contributed by atoms with Gasteiger partial charge in [-0.05, 0) is 55.7 Å². The van der Waals surface area contributed by atoms with Crippen LogP contribution < -0.4 is 10.5 Å². The lowest BCUT2D eigenvalue weighted by Crippen LogP contribution is -2.34. The van der Waals surface area contributed by atoms with Crippen molar-refractivity contribution in [1.82, 2.24) is 0 Å². The molecule has 3 heteroatoms. The van der Waals surface area contributed by atoms with Crippen molar-refractivity contribution in [3.8, 4) is 5.75 Å². The number of rotatable bonds is 3. The van der Waals surface area contributed by atoms with Gasteiger partial charge in [-0.3, -0.25) is 0 Å². The molecule has 0 amide bonds. The van der Waals surface area contributed by atoms with E-state index in [0.29, 0.717) is 11.3 Å². The van der Waals surface area contributed by atoms with E-state index in [-0.39, 0.29) is 18.0 Å². The van der Waals surface area contributed by atoms with Gasteiger partial charge >= 0.3 is 0 Å². The van der Waals surface area contributed by atoms with E-state index in [2.05, 4.69) is 20.8 Å². The number of halogens is 1. The topological polar surface area (TPSA) is 35.2 Å². The molecule has 0 radical (unpaired) electrons. The SMILES string of the molecule is CC1CC(Oc2ccc(F)cc2[C@H](C)N)CC(C)(C)C1. The fourth-order valence-electron chi connectivity index (χ4n) is 3.51. The molecule has 112 valence electrons. The van der Waals surface area contributed by atoms with Gasteiger partial charge in [0, 0.05) is 11.6 Å². The molecule has 2 nitrogen and oxygen atoms in total. The van der Waals surface area contributed by atoms with Crippen molar-refractivity contribution < 1.29 is 9.13 Å². The Morgan fingerprint density at radius 1 is 1.35 bits per heavy atom. The monoisotopic (exact) mass is 279 g/mol. The Bertz CT molecular complexity index is 470. The molecule has 2 N–H and O–H groups in total. The number of benzene rings is 1. The van der Waals surface area contributed by atoms with Gasteiger partial charge in [0.05, 0.1) is 6.10 Å². The zero-order chi connectivity index (χ0) is 14.9. The molecule has 3 atom stereocenters. The van der Waals surface area contributed by atoms with E-state index in [0.717, 1.165) is 24.2 Å². The summed E-state index contributed by atoms with van der Waals surface area (Å²) in [6, 6.07) is 4.41. The Morgan fingerprint density at radius 2 is 2.05 bits per heavy atom. The van der Waals surface area contributed by atoms with E-state index in [1.165, 1.54) is 18.6 Å². The van der Waals surface area contributed by atoms with Gasteiger partial charge in [-0.2, -0.15) is 0 Å². The standard InChI is InChI=1S/C17H26FNO/c1-11-7-14(10-17(3,4)9-11)20-16-6-5-13(18)8-15(16)12(2)19/h5-6,8,11-12,14H,7,9-10,19H2,1-4H3/t11?,12-,14?/m0/s1. The maximum absolute atomic E-state index is 13.4. The minimum absolute atomic E-state index is 0.191. The third kappa shape index (κ3) is 3.72. The number of nitrogens with two attached hydrogens (primary N) is 1. The second-order valence-corrected chi connectivity index (χ2v) is 7.12. The van der Waals surface area contributed by atoms with Crippen LogP contribution in [-0.2, 0) is 0 Å². The highest BCUT2D eigenvalue weighted by Crippen LogP contribution is 2.40. The van der Waals surface area contributed by atoms with E-state index in [4.69, 9.17) is 10.5 Å². The highest BCUT2D eigenvalue weighted by atomic mass is 19.1. The Kier molecular flexibility index (Phi) is 4.38. The minimum Gasteiger partial charge on any atom is -0.490 e. The summed E-state index contributed by atoms with van der Waals surface area (Å²) in [5.41, 5.74) is 6.98. The first kappa shape index (κ1) is 15.3. The lowest BCUT2D eigenvalue weighted by Gasteiger charge is -2.39. The fraction of sp³-hybridized carbons (Fsp3) is 0.647. The maximum Gasteiger partial charge on any atom is 0.124 e. The van der Waals surface area contributed by atoms with Gasteiger partial charge in [0.1, 0.15) is 11.6 Å². The summed E-state index contributed by atoms with van der Waals surface area (Å²) in [7, 11) is 0. The van der Waals surface area contributed by atoms with E-state index in [1.54, 1.807) is 6.07 Å². The predicted molar refractivity (Wildman–Crippen MR) is 80.2 cm³/mol. The zero-order valence-corrected chi connectivity index (χ0v) is 12.9. The molecule has 0 aromatic heterocycles. The smallest absolute Gasteiger partial charge is 0.124 e. The van der Waals surface area contributed by atoms with Crippen LogP contribution in [0.1, 0.15) is 58.6 Å². The van der Waals surface area contributed by atoms with Gasteiger partial charge in [0.15, 0.2) is 0 Å². The highest BCUT2D eigenvalue weighted by Gasteiger charge is 2.33. The lowest BCUT2D eigenvalue weighted by atomic mass is 9.71. The van der Waals surface area contributed by atoms with Gasteiger partial charge in [0.2, 0.25) is 0 Å². The van der Waals surface area contributed by atoms with Gasteiger partial charge in [0.25, 0.3) is 0 Å². The summed E-state index contributed by atoms with van der Waals surface area (Å²) in [5, 5.41) is 0. The van der Waals surface area contributed by atoms with Gasteiger partial charge < -0.3 is 10.5 Å². The largest absolute Gasteiger partial charge is 0.490 e. The molecular weight excluding hydrogens is 253 g/mol. The molecule has 1 aliphatic rings. The van der Waals surface area contributed by atoms with Crippen LogP contribution in [0.3, 0.4) is 0 Å². The van der Waals surface area contributed by atoms with Gasteiger partial charge in [-0.25, -0.2) is 4.39 Å². The molecule has 20 heavy (non-hydrogen) atoms. The third-order valence-electron chi connectivity index (χ3n) is 4.10. The summed E-state index contributed by atoms with van der Waals surface area (Å²) in [6.45, 7) is 8.70. The lowest BCUT2D eigenvalue weighted by molar-refractivity contribution is 0.0554. The average molecular weight is 279 g/mol. The van der Waals surface area contributed by atoms with Crippen LogP contribution in [0.4, 0.5) is 4.39 Å². The van der Waals surface area contributed by atoms with Crippen LogP contribution in [0.2, 0.25) is 0 Å². The van der Waals surface area contributed by atoms with Crippen LogP contribution >= 0.6 is 0 Å². The molecule has 0 heterocycles. The molecule has 0 aliphatic heterocycles. The number of hydrogen-bond acceptors (Lipinski definition) is 2. The van der Waals surface area contributed by atoms with Crippen molar-refractivity contribution >= 4 is 0 Å². The van der Waals surface area contributed by atoms with Crippen LogP contribution in [0.15, 0.2) is 18.2 Å². The summed E-state index contributed by atoms with van der Waals surface area (Å²) < 4.78 is 19.5. The van der Waals surface area contributed by atoms with Crippen LogP contribution in [0.25, 0.3) is 0 Å². The second kappa shape index (κ2) is 5.72. The van der Waals surface area contributed by atoms with Gasteiger partial charge in [-0.1, -0.05) is 20.8 Å². The second-order valence-electron chi connectivity index (χ2n) is 7.12. The first-order chi connectivity index (χ1) is 9.27. The predicted octanol–water partition coefficient (Wildman–Crippen LogP) is 4.44. The fourth-order valence-corrected chi connectivity index (χ4v) is 3.51. The molecule has 1 fully saturated rings. The molecule has 0 spiro atoms. The molecule has 1 saturated carbocycles. The molecule has 1 aromatic rings. The Hall–Kier alpha value is -1.09. The van der Waals surface area contributed by atoms with E-state index < -0.39 is 0 Å². The van der Waals surface area contributed by atoms with Crippen LogP contribution in [0.5, 0.6) is 5.75 Å². The molecule has 0 saturated heterocycles. The quantitative estimate of drug-likeness (QED) is 0.887. The summed E-state index contributed by atoms with van der Waals surface area (Å²) in [4.78, 5) is 0. The first-order valence-corrected chi connectivity index (χ1v) is 7.48. The van der Waals surface area contributed by atoms with Crippen molar-refractivity contribution in [1.29, 1.82) is 0 Å². The first-order valence-electron chi connectivity index (χ1n) is 7.48. The van der Waals surface area contributed by atoms with Gasteiger partial charge in [-0.15, -0.1) is 0 Å². The van der Waals surface area contributed by atoms with Crippen molar-refractivity contribution in [2.45, 2.75) is 59.1 Å². The Balaban J connectivity index is 2.17. The molecule has 2 rings (SSSR count). The number of ether oxygens (including phenoxy) is 1. The molecular formula is C17H26FNO. The third-order valence-corrected chi connectivity index (χ3v) is 4.10. The van der Waals surface area contributed by atoms with Crippen molar-refractivity contribution in [3.63, 3.8) is 0 Å². The normalized spacial score (nSPS) is 27.1. The molecule has 1 aromatic carbocycles. The minimum atomic E-state index is -0.262. The molecule has 0 bridgehead atoms. The van der Waals surface area contributed by atoms with Crippen molar-refractivity contribution in [2.24, 2.45) is 17.1 Å².